The van der Waals surface area contributed by atoms with Gasteiger partial charge in [0.15, 0.2) is 11.4 Å². The molecule has 12 heteroatoms. The molecular weight excluding hydrogens is 596 g/mol. The first-order valence-corrected chi connectivity index (χ1v) is 14.9. The minimum Gasteiger partial charge on any atom is -0.508 e. The normalized spacial score (nSPS) is 22.7. The van der Waals surface area contributed by atoms with E-state index in [1.807, 2.05) is 12.2 Å². The number of carbonyl (C=O) groups excluding carboxylic acids is 4. The second-order valence-corrected chi connectivity index (χ2v) is 11.0. The summed E-state index contributed by atoms with van der Waals surface area (Å²) in [6.07, 6.45) is 16.9. The fourth-order valence-corrected chi connectivity index (χ4v) is 4.55. The highest BCUT2D eigenvalue weighted by Gasteiger charge is 2.54. The number of carbonyl (C=O) groups is 5. The van der Waals surface area contributed by atoms with Gasteiger partial charge in [-0.15, -0.1) is 0 Å². The predicted octanol–water partition coefficient (Wildman–Crippen LogP) is 3.50. The van der Waals surface area contributed by atoms with E-state index < -0.39 is 53.4 Å². The number of Topliss-reactive ketones (excluding diaryl/α,β-unsaturated/α-hetero) is 1. The van der Waals surface area contributed by atoms with E-state index in [0.717, 1.165) is 18.6 Å². The third-order valence-electron chi connectivity index (χ3n) is 7.26. The molecule has 1 fully saturated rings. The number of ether oxygens (including phenoxy) is 1. The lowest BCUT2D eigenvalue weighted by Gasteiger charge is -2.29. The lowest BCUT2D eigenvalue weighted by atomic mass is 9.76. The molecule has 1 saturated heterocycles. The highest BCUT2D eigenvalue weighted by Crippen LogP contribution is 2.45. The number of esters is 1. The molecule has 3 atom stereocenters. The summed E-state index contributed by atoms with van der Waals surface area (Å²) in [5.41, 5.74) is -2.24. The van der Waals surface area contributed by atoms with Crippen molar-refractivity contribution in [3.8, 4) is 0 Å². The van der Waals surface area contributed by atoms with Crippen molar-refractivity contribution in [3.05, 3.63) is 94.7 Å². The van der Waals surface area contributed by atoms with Crippen molar-refractivity contribution in [1.82, 2.24) is 10.6 Å². The molecule has 46 heavy (non-hydrogen) atoms. The Morgan fingerprint density at radius 1 is 1.07 bits per heavy atom. The minimum atomic E-state index is -1.86. The van der Waals surface area contributed by atoms with Crippen LogP contribution in [0.2, 0.25) is 0 Å². The summed E-state index contributed by atoms with van der Waals surface area (Å²) in [6, 6.07) is -1.03. The number of rotatable bonds is 16. The molecule has 6 N–H and O–H groups in total. The summed E-state index contributed by atoms with van der Waals surface area (Å²) in [5, 5.41) is 44.9. The van der Waals surface area contributed by atoms with Crippen LogP contribution in [0.3, 0.4) is 0 Å². The maximum absolute atomic E-state index is 13.7. The number of aliphatic hydroxyl groups is 3. The van der Waals surface area contributed by atoms with Crippen molar-refractivity contribution in [2.45, 2.75) is 65.0 Å². The van der Waals surface area contributed by atoms with Crippen LogP contribution in [0.1, 0.15) is 53.4 Å². The molecule has 0 aromatic heterocycles. The van der Waals surface area contributed by atoms with Crippen LogP contribution >= 0.6 is 0 Å². The van der Waals surface area contributed by atoms with Crippen LogP contribution in [-0.2, 0) is 28.7 Å². The van der Waals surface area contributed by atoms with Crippen LogP contribution in [0.25, 0.3) is 0 Å². The standard InChI is InChI=1S/C34H42N2O10/c1-5-21(2)12-8-6-7-9-13-24(39)18-29(41)30-27-17-23(16-25(40)20-37)26(31(42)34(27,4)46-33(30)45)19-35-15-11-10-14-28(32(43)44)36-22(3)38/h6-9,12-13,16-19,21,28,35,37,39,41H,5,10-11,14-15,20H2,1-4H3,(H,36,38)(H,43,44)/b7-6+,12-8+,13-9+,23-16?,24-18?,26-19-,30-29?/t21?,28?,34-/m1/s1. The Balaban J connectivity index is 2.32. The molecule has 12 nitrogen and oxygen atoms in total. The Morgan fingerprint density at radius 3 is 2.39 bits per heavy atom. The van der Waals surface area contributed by atoms with E-state index in [-0.39, 0.29) is 34.5 Å². The average molecular weight is 639 g/mol. The van der Waals surface area contributed by atoms with Gasteiger partial charge in [0.05, 0.1) is 0 Å². The SMILES string of the molecule is CCC(C)/C=C/C=C/C=C/C(O)=CC(O)=C1C(=O)O[C@@]2(C)C(=O)/C(=C\NCCCCC(NC(C)=O)C(=O)O)C(=CC(=O)CO)C=C12. The van der Waals surface area contributed by atoms with E-state index in [1.54, 1.807) is 12.2 Å². The first-order valence-electron chi connectivity index (χ1n) is 14.9. The number of nitrogens with one attached hydrogen (secondary N) is 2. The molecule has 2 rings (SSSR count). The van der Waals surface area contributed by atoms with Crippen molar-refractivity contribution in [1.29, 1.82) is 0 Å². The zero-order valence-electron chi connectivity index (χ0n) is 26.4. The molecule has 0 spiro atoms. The Labute approximate surface area is 267 Å². The Hall–Kier alpha value is -4.97. The van der Waals surface area contributed by atoms with Crippen LogP contribution in [0, 0.1) is 5.92 Å². The number of hydrogen-bond donors (Lipinski definition) is 6. The van der Waals surface area contributed by atoms with Gasteiger partial charge in [-0.3, -0.25) is 14.4 Å². The van der Waals surface area contributed by atoms with Gasteiger partial charge in [0.25, 0.3) is 0 Å². The summed E-state index contributed by atoms with van der Waals surface area (Å²) in [7, 11) is 0. The molecule has 248 valence electrons. The number of carboxylic acids is 1. The first-order chi connectivity index (χ1) is 21.7. The first kappa shape index (κ1) is 37.2. The van der Waals surface area contributed by atoms with Crippen molar-refractivity contribution in [2.75, 3.05) is 13.2 Å². The smallest absolute Gasteiger partial charge is 0.343 e. The predicted molar refractivity (Wildman–Crippen MR) is 170 cm³/mol. The molecule has 1 aliphatic heterocycles. The molecular formula is C34H42N2O10. The Kier molecular flexibility index (Phi) is 14.2. The maximum atomic E-state index is 13.7. The number of allylic oxidation sites excluding steroid dienone is 9. The summed E-state index contributed by atoms with van der Waals surface area (Å²) >= 11 is 0. The largest absolute Gasteiger partial charge is 0.508 e. The van der Waals surface area contributed by atoms with E-state index in [9.17, 15) is 44.4 Å². The zero-order chi connectivity index (χ0) is 34.4. The molecule has 1 heterocycles. The summed E-state index contributed by atoms with van der Waals surface area (Å²) in [4.78, 5) is 61.2. The van der Waals surface area contributed by atoms with Gasteiger partial charge in [-0.1, -0.05) is 50.6 Å². The summed E-state index contributed by atoms with van der Waals surface area (Å²) in [6.45, 7) is 6.18. The Bertz CT molecular complexity index is 1460. The monoisotopic (exact) mass is 638 g/mol. The molecule has 0 aromatic carbocycles. The summed E-state index contributed by atoms with van der Waals surface area (Å²) in [5.74, 6) is -4.66. The van der Waals surface area contributed by atoms with Gasteiger partial charge in [-0.2, -0.15) is 0 Å². The van der Waals surface area contributed by atoms with Crippen LogP contribution < -0.4 is 10.6 Å². The van der Waals surface area contributed by atoms with Crippen molar-refractivity contribution in [2.24, 2.45) is 5.92 Å². The van der Waals surface area contributed by atoms with Crippen molar-refractivity contribution >= 4 is 29.4 Å². The van der Waals surface area contributed by atoms with Crippen molar-refractivity contribution < 1.29 is 49.1 Å². The van der Waals surface area contributed by atoms with E-state index in [1.165, 1.54) is 38.3 Å². The van der Waals surface area contributed by atoms with Gasteiger partial charge < -0.3 is 35.8 Å². The fourth-order valence-electron chi connectivity index (χ4n) is 4.55. The Morgan fingerprint density at radius 2 is 1.76 bits per heavy atom. The average Bonchev–Trinajstić information content (AvgIpc) is 3.26. The molecule has 0 radical (unpaired) electrons. The second kappa shape index (κ2) is 17.5. The topological polar surface area (TPSA) is 200 Å². The number of hydrogen-bond acceptors (Lipinski definition) is 10. The van der Waals surface area contributed by atoms with Crippen molar-refractivity contribution in [3.63, 3.8) is 0 Å². The third kappa shape index (κ3) is 10.3. The van der Waals surface area contributed by atoms with Crippen LogP contribution in [0.4, 0.5) is 0 Å². The van der Waals surface area contributed by atoms with Gasteiger partial charge in [0, 0.05) is 36.9 Å². The van der Waals surface area contributed by atoms with Crippen LogP contribution in [0.15, 0.2) is 94.7 Å². The summed E-state index contributed by atoms with van der Waals surface area (Å²) < 4.78 is 5.43. The van der Waals surface area contributed by atoms with Gasteiger partial charge in [0.2, 0.25) is 11.7 Å². The number of aliphatic carboxylic acids is 1. The van der Waals surface area contributed by atoms with Crippen LogP contribution in [0.5, 0.6) is 0 Å². The number of unbranched alkanes of at least 4 members (excludes halogenated alkanes) is 1. The molecule has 1 aliphatic carbocycles. The fraction of sp³-hybridized carbons (Fsp3) is 0.382. The minimum absolute atomic E-state index is 0.0289. The maximum Gasteiger partial charge on any atom is 0.343 e. The third-order valence-corrected chi connectivity index (χ3v) is 7.26. The lowest BCUT2D eigenvalue weighted by molar-refractivity contribution is -0.151. The number of ketones is 2. The molecule has 0 aromatic rings. The number of amides is 1. The van der Waals surface area contributed by atoms with E-state index in [0.29, 0.717) is 25.3 Å². The highest BCUT2D eigenvalue weighted by molar-refractivity contribution is 6.17. The number of carboxylic acid groups (broad SMARTS) is 1. The van der Waals surface area contributed by atoms with E-state index >= 15 is 0 Å². The quantitative estimate of drug-likeness (QED) is 0.0475. The lowest BCUT2D eigenvalue weighted by Crippen LogP contribution is -2.41. The molecule has 2 unspecified atom stereocenters. The molecule has 0 bridgehead atoms. The van der Waals surface area contributed by atoms with Gasteiger partial charge in [-0.25, -0.2) is 9.59 Å². The second-order valence-electron chi connectivity index (χ2n) is 11.0. The van der Waals surface area contributed by atoms with Gasteiger partial charge in [0.1, 0.15) is 29.7 Å². The van der Waals surface area contributed by atoms with E-state index in [2.05, 4.69) is 24.5 Å². The molecule has 1 amide bonds. The number of fused-ring (bicyclic) bond motifs is 1. The highest BCUT2D eigenvalue weighted by atomic mass is 16.6. The molecule has 2 aliphatic rings. The van der Waals surface area contributed by atoms with E-state index in [4.69, 9.17) is 4.74 Å². The number of aliphatic hydroxyl groups excluding tert-OH is 3. The van der Waals surface area contributed by atoms with Crippen LogP contribution in [-0.4, -0.2) is 74.6 Å². The van der Waals surface area contributed by atoms with Gasteiger partial charge >= 0.3 is 11.9 Å². The zero-order valence-corrected chi connectivity index (χ0v) is 26.4. The molecule has 0 saturated carbocycles. The van der Waals surface area contributed by atoms with Gasteiger partial charge in [-0.05, 0) is 55.9 Å².